The van der Waals surface area contributed by atoms with Crippen molar-refractivity contribution in [2.75, 3.05) is 20.6 Å². The van der Waals surface area contributed by atoms with Crippen LogP contribution in [0.3, 0.4) is 0 Å². The molecule has 3 aromatic rings. The van der Waals surface area contributed by atoms with E-state index in [1.165, 1.54) is 5.56 Å². The summed E-state index contributed by atoms with van der Waals surface area (Å²) in [4.78, 5) is 6.41. The second-order valence-electron chi connectivity index (χ2n) is 6.03. The summed E-state index contributed by atoms with van der Waals surface area (Å²) in [6.45, 7) is 1.63. The van der Waals surface area contributed by atoms with Crippen LogP contribution < -0.4 is 5.32 Å². The molecule has 0 fully saturated rings. The van der Waals surface area contributed by atoms with E-state index in [1.807, 2.05) is 24.5 Å². The minimum absolute atomic E-state index is 0.333. The number of H-pyrrole nitrogens is 1. The molecule has 5 heteroatoms. The molecule has 1 atom stereocenters. The lowest BCUT2D eigenvalue weighted by Crippen LogP contribution is -2.30. The summed E-state index contributed by atoms with van der Waals surface area (Å²) in [6.07, 6.45) is 5.51. The zero-order valence-electron chi connectivity index (χ0n) is 14.1. The van der Waals surface area contributed by atoms with Crippen molar-refractivity contribution in [3.63, 3.8) is 0 Å². The molecule has 0 spiro atoms. The minimum Gasteiger partial charge on any atom is -0.311 e. The smallest absolute Gasteiger partial charge is 0.0710 e. The average molecular weight is 321 g/mol. The molecule has 0 radical (unpaired) electrons. The Morgan fingerprint density at radius 1 is 1.08 bits per heavy atom. The van der Waals surface area contributed by atoms with Crippen LogP contribution in [0, 0.1) is 0 Å². The molecule has 124 valence electrons. The number of rotatable bonds is 7. The maximum atomic E-state index is 4.19. The van der Waals surface area contributed by atoms with Gasteiger partial charge < -0.3 is 10.2 Å². The Balaban J connectivity index is 1.65. The Labute approximate surface area is 142 Å². The number of benzene rings is 1. The first-order chi connectivity index (χ1) is 11.8. The van der Waals surface area contributed by atoms with E-state index in [0.717, 1.165) is 29.9 Å². The Morgan fingerprint density at radius 3 is 2.62 bits per heavy atom. The molecular weight excluding hydrogens is 298 g/mol. The highest BCUT2D eigenvalue weighted by atomic mass is 15.1. The first-order valence-electron chi connectivity index (χ1n) is 8.10. The molecule has 0 bridgehead atoms. The molecule has 0 saturated carbocycles. The van der Waals surface area contributed by atoms with Crippen molar-refractivity contribution in [1.82, 2.24) is 25.4 Å². The fourth-order valence-corrected chi connectivity index (χ4v) is 2.82. The second-order valence-corrected chi connectivity index (χ2v) is 6.03. The summed E-state index contributed by atoms with van der Waals surface area (Å²) < 4.78 is 0. The van der Waals surface area contributed by atoms with Crippen molar-refractivity contribution in [3.8, 4) is 11.3 Å². The molecule has 0 amide bonds. The zero-order valence-corrected chi connectivity index (χ0v) is 14.1. The molecule has 0 unspecified atom stereocenters. The third-order valence-corrected chi connectivity index (χ3v) is 4.13. The number of nitrogens with one attached hydrogen (secondary N) is 2. The van der Waals surface area contributed by atoms with E-state index in [-0.39, 0.29) is 0 Å². The van der Waals surface area contributed by atoms with Crippen LogP contribution in [0.2, 0.25) is 0 Å². The molecule has 1 aromatic carbocycles. The van der Waals surface area contributed by atoms with Gasteiger partial charge in [-0.15, -0.1) is 0 Å². The lowest BCUT2D eigenvalue weighted by atomic mass is 10.1. The predicted molar refractivity (Wildman–Crippen MR) is 96.4 cm³/mol. The number of hydrogen-bond donors (Lipinski definition) is 2. The molecule has 0 aliphatic heterocycles. The summed E-state index contributed by atoms with van der Waals surface area (Å²) in [6, 6.07) is 14.9. The van der Waals surface area contributed by atoms with E-state index in [4.69, 9.17) is 0 Å². The van der Waals surface area contributed by atoms with Crippen molar-refractivity contribution in [2.45, 2.75) is 12.6 Å². The van der Waals surface area contributed by atoms with Crippen molar-refractivity contribution in [1.29, 1.82) is 0 Å². The number of aromatic nitrogens is 3. The Kier molecular flexibility index (Phi) is 5.36. The number of nitrogens with zero attached hydrogens (tertiary/aromatic N) is 3. The standard InChI is InChI=1S/C19H23N5/c1-24(2)18(15-7-4-3-5-8-15)14-21-12-17-13-22-23-19(17)16-9-6-10-20-11-16/h3-11,13,18,21H,12,14H2,1-2H3,(H,22,23)/t18-/m0/s1. The Hall–Kier alpha value is -2.50. The van der Waals surface area contributed by atoms with Crippen LogP contribution in [-0.2, 0) is 6.54 Å². The van der Waals surface area contributed by atoms with Gasteiger partial charge in [0, 0.05) is 42.7 Å². The van der Waals surface area contributed by atoms with Crippen molar-refractivity contribution >= 4 is 0 Å². The average Bonchev–Trinajstić information content (AvgIpc) is 3.08. The highest BCUT2D eigenvalue weighted by molar-refractivity contribution is 5.61. The topological polar surface area (TPSA) is 56.8 Å². The van der Waals surface area contributed by atoms with Gasteiger partial charge in [-0.2, -0.15) is 5.10 Å². The number of hydrogen-bond acceptors (Lipinski definition) is 4. The van der Waals surface area contributed by atoms with Gasteiger partial charge in [0.2, 0.25) is 0 Å². The first kappa shape index (κ1) is 16.4. The van der Waals surface area contributed by atoms with Crippen LogP contribution >= 0.6 is 0 Å². The van der Waals surface area contributed by atoms with Gasteiger partial charge in [-0.05, 0) is 31.8 Å². The van der Waals surface area contributed by atoms with E-state index in [1.54, 1.807) is 6.20 Å². The number of likely N-dealkylation sites (N-methyl/N-ethyl adjacent to an activating group) is 1. The van der Waals surface area contributed by atoms with E-state index < -0.39 is 0 Å². The van der Waals surface area contributed by atoms with Gasteiger partial charge in [0.15, 0.2) is 0 Å². The second kappa shape index (κ2) is 7.86. The van der Waals surface area contributed by atoms with Gasteiger partial charge in [0.1, 0.15) is 0 Å². The number of aromatic amines is 1. The summed E-state index contributed by atoms with van der Waals surface area (Å²) in [5, 5.41) is 10.8. The minimum atomic E-state index is 0.333. The maximum Gasteiger partial charge on any atom is 0.0710 e. The largest absolute Gasteiger partial charge is 0.311 e. The molecule has 2 aromatic heterocycles. The Morgan fingerprint density at radius 2 is 1.92 bits per heavy atom. The molecular formula is C19H23N5. The molecule has 0 aliphatic carbocycles. The third-order valence-electron chi connectivity index (χ3n) is 4.13. The van der Waals surface area contributed by atoms with Crippen molar-refractivity contribution < 1.29 is 0 Å². The first-order valence-corrected chi connectivity index (χ1v) is 8.10. The van der Waals surface area contributed by atoms with Gasteiger partial charge in [-0.1, -0.05) is 30.3 Å². The van der Waals surface area contributed by atoms with Crippen LogP contribution in [0.25, 0.3) is 11.3 Å². The molecule has 0 aliphatic rings. The van der Waals surface area contributed by atoms with Crippen LogP contribution in [0.5, 0.6) is 0 Å². The zero-order chi connectivity index (χ0) is 16.8. The SMILES string of the molecule is CN(C)[C@@H](CNCc1cn[nH]c1-c1cccnc1)c1ccccc1. The quantitative estimate of drug-likeness (QED) is 0.702. The van der Waals surface area contributed by atoms with Gasteiger partial charge in [0.05, 0.1) is 11.9 Å². The molecule has 2 N–H and O–H groups in total. The number of pyridine rings is 1. The maximum absolute atomic E-state index is 4.19. The van der Waals surface area contributed by atoms with Gasteiger partial charge in [-0.25, -0.2) is 0 Å². The summed E-state index contributed by atoms with van der Waals surface area (Å²) in [5.74, 6) is 0. The fraction of sp³-hybridized carbons (Fsp3) is 0.263. The lowest BCUT2D eigenvalue weighted by molar-refractivity contribution is 0.288. The third kappa shape index (κ3) is 3.88. The van der Waals surface area contributed by atoms with E-state index in [9.17, 15) is 0 Å². The van der Waals surface area contributed by atoms with Crippen molar-refractivity contribution in [2.24, 2.45) is 0 Å². The molecule has 2 heterocycles. The van der Waals surface area contributed by atoms with Crippen LogP contribution in [0.1, 0.15) is 17.2 Å². The fourth-order valence-electron chi connectivity index (χ4n) is 2.82. The molecule has 5 nitrogen and oxygen atoms in total. The van der Waals surface area contributed by atoms with Crippen LogP contribution in [0.4, 0.5) is 0 Å². The van der Waals surface area contributed by atoms with Crippen molar-refractivity contribution in [3.05, 3.63) is 72.2 Å². The van der Waals surface area contributed by atoms with E-state index in [0.29, 0.717) is 6.04 Å². The van der Waals surface area contributed by atoms with Gasteiger partial charge in [-0.3, -0.25) is 10.1 Å². The lowest BCUT2D eigenvalue weighted by Gasteiger charge is -2.25. The molecule has 3 rings (SSSR count). The van der Waals surface area contributed by atoms with Gasteiger partial charge >= 0.3 is 0 Å². The molecule has 24 heavy (non-hydrogen) atoms. The predicted octanol–water partition coefficient (Wildman–Crippen LogP) is 2.86. The Bertz CT molecular complexity index is 737. The highest BCUT2D eigenvalue weighted by Crippen LogP contribution is 2.20. The van der Waals surface area contributed by atoms with Gasteiger partial charge in [0.25, 0.3) is 0 Å². The van der Waals surface area contributed by atoms with Crippen LogP contribution in [-0.4, -0.2) is 40.7 Å². The van der Waals surface area contributed by atoms with E-state index >= 15 is 0 Å². The summed E-state index contributed by atoms with van der Waals surface area (Å²) >= 11 is 0. The van der Waals surface area contributed by atoms with Crippen LogP contribution in [0.15, 0.2) is 61.1 Å². The normalized spacial score (nSPS) is 12.5. The highest BCUT2D eigenvalue weighted by Gasteiger charge is 2.14. The summed E-state index contributed by atoms with van der Waals surface area (Å²) in [7, 11) is 4.22. The molecule has 0 saturated heterocycles. The van der Waals surface area contributed by atoms with E-state index in [2.05, 4.69) is 69.8 Å². The monoisotopic (exact) mass is 321 g/mol. The summed E-state index contributed by atoms with van der Waals surface area (Å²) in [5.41, 5.74) is 4.54.